The Bertz CT molecular complexity index is 226. The summed E-state index contributed by atoms with van der Waals surface area (Å²) >= 11 is 0. The van der Waals surface area contributed by atoms with Crippen molar-refractivity contribution in [2.24, 2.45) is 0 Å². The molecule has 0 bridgehead atoms. The highest BCUT2D eigenvalue weighted by Gasteiger charge is 1.93. The molecular formula is C4H7N3O2. The van der Waals surface area contributed by atoms with Crippen LogP contribution in [-0.2, 0) is 11.3 Å². The van der Waals surface area contributed by atoms with Gasteiger partial charge in [-0.2, -0.15) is 5.10 Å². The minimum atomic E-state index is -0.304. The average molecular weight is 129 g/mol. The number of H-pyrrole nitrogens is 2. The van der Waals surface area contributed by atoms with Crippen LogP contribution in [0.2, 0.25) is 0 Å². The van der Waals surface area contributed by atoms with Gasteiger partial charge in [0.15, 0.2) is 5.82 Å². The van der Waals surface area contributed by atoms with Crippen LogP contribution >= 0.6 is 0 Å². The fourth-order valence-electron chi connectivity index (χ4n) is 0.510. The Morgan fingerprint density at radius 1 is 1.78 bits per heavy atom. The van der Waals surface area contributed by atoms with Crippen molar-refractivity contribution in [2.45, 2.75) is 6.61 Å². The second-order valence-electron chi connectivity index (χ2n) is 1.56. The van der Waals surface area contributed by atoms with Crippen molar-refractivity contribution in [3.05, 3.63) is 16.3 Å². The molecule has 0 spiro atoms. The zero-order valence-corrected chi connectivity index (χ0v) is 4.97. The smallest absolute Gasteiger partial charge is 0.340 e. The van der Waals surface area contributed by atoms with Gasteiger partial charge in [-0.05, 0) is 0 Å². The molecule has 1 aromatic rings. The van der Waals surface area contributed by atoms with Gasteiger partial charge in [0.05, 0.1) is 0 Å². The second-order valence-corrected chi connectivity index (χ2v) is 1.56. The van der Waals surface area contributed by atoms with Gasteiger partial charge in [-0.1, -0.05) is 0 Å². The first-order valence-corrected chi connectivity index (χ1v) is 2.45. The van der Waals surface area contributed by atoms with Crippen molar-refractivity contribution < 1.29 is 4.74 Å². The summed E-state index contributed by atoms with van der Waals surface area (Å²) in [7, 11) is 1.53. The van der Waals surface area contributed by atoms with Crippen molar-refractivity contribution in [1.29, 1.82) is 0 Å². The Kier molecular flexibility index (Phi) is 1.64. The lowest BCUT2D eigenvalue weighted by Crippen LogP contribution is -2.01. The molecule has 0 aromatic carbocycles. The number of rotatable bonds is 2. The summed E-state index contributed by atoms with van der Waals surface area (Å²) in [5, 5.41) is 5.80. The van der Waals surface area contributed by atoms with Crippen LogP contribution in [-0.4, -0.2) is 22.3 Å². The fourth-order valence-corrected chi connectivity index (χ4v) is 0.510. The second kappa shape index (κ2) is 2.45. The maximum Gasteiger partial charge on any atom is 0.340 e. The van der Waals surface area contributed by atoms with Gasteiger partial charge >= 0.3 is 5.69 Å². The molecule has 0 atom stereocenters. The van der Waals surface area contributed by atoms with Crippen molar-refractivity contribution in [3.8, 4) is 0 Å². The normalized spacial score (nSPS) is 9.89. The quantitative estimate of drug-likeness (QED) is 0.551. The highest BCUT2D eigenvalue weighted by molar-refractivity contribution is 4.75. The Hall–Kier alpha value is -1.10. The predicted molar refractivity (Wildman–Crippen MR) is 29.9 cm³/mol. The van der Waals surface area contributed by atoms with Crippen LogP contribution < -0.4 is 5.69 Å². The topological polar surface area (TPSA) is 70.8 Å². The zero-order chi connectivity index (χ0) is 6.69. The molecule has 1 aromatic heterocycles. The van der Waals surface area contributed by atoms with Gasteiger partial charge in [-0.3, -0.25) is 4.98 Å². The minimum Gasteiger partial charge on any atom is -0.377 e. The monoisotopic (exact) mass is 129 g/mol. The van der Waals surface area contributed by atoms with Crippen molar-refractivity contribution in [3.63, 3.8) is 0 Å². The predicted octanol–water partition coefficient (Wildman–Crippen LogP) is -0.756. The van der Waals surface area contributed by atoms with Gasteiger partial charge in [0, 0.05) is 7.11 Å². The molecule has 0 aliphatic heterocycles. The third-order valence-electron chi connectivity index (χ3n) is 0.831. The minimum absolute atomic E-state index is 0.304. The lowest BCUT2D eigenvalue weighted by molar-refractivity contribution is 0.178. The molecule has 5 nitrogen and oxygen atoms in total. The van der Waals surface area contributed by atoms with E-state index in [2.05, 4.69) is 19.9 Å². The summed E-state index contributed by atoms with van der Waals surface area (Å²) in [4.78, 5) is 12.8. The van der Waals surface area contributed by atoms with E-state index < -0.39 is 0 Å². The van der Waals surface area contributed by atoms with E-state index in [0.29, 0.717) is 12.4 Å². The number of hydrogen-bond donors (Lipinski definition) is 2. The molecule has 2 N–H and O–H groups in total. The van der Waals surface area contributed by atoms with Gasteiger partial charge in [-0.15, -0.1) is 0 Å². The highest BCUT2D eigenvalue weighted by atomic mass is 16.5. The molecule has 0 aliphatic carbocycles. The molecule has 0 aliphatic rings. The van der Waals surface area contributed by atoms with E-state index in [1.54, 1.807) is 0 Å². The lowest BCUT2D eigenvalue weighted by atomic mass is 10.7. The maximum absolute atomic E-state index is 10.3. The molecule has 0 unspecified atom stereocenters. The van der Waals surface area contributed by atoms with Crippen LogP contribution in [0.1, 0.15) is 5.82 Å². The number of ether oxygens (including phenoxy) is 1. The number of nitrogens with one attached hydrogen (secondary N) is 2. The van der Waals surface area contributed by atoms with Crippen molar-refractivity contribution >= 4 is 0 Å². The number of aromatic amines is 2. The molecule has 9 heavy (non-hydrogen) atoms. The van der Waals surface area contributed by atoms with Crippen molar-refractivity contribution in [1.82, 2.24) is 15.2 Å². The van der Waals surface area contributed by atoms with Crippen LogP contribution in [0.5, 0.6) is 0 Å². The van der Waals surface area contributed by atoms with Crippen LogP contribution in [0.15, 0.2) is 4.79 Å². The first-order valence-electron chi connectivity index (χ1n) is 2.45. The van der Waals surface area contributed by atoms with Gasteiger partial charge in [-0.25, -0.2) is 9.89 Å². The molecular weight excluding hydrogens is 122 g/mol. The maximum atomic E-state index is 10.3. The molecule has 1 rings (SSSR count). The number of aromatic nitrogens is 3. The van der Waals surface area contributed by atoms with E-state index in [1.807, 2.05) is 0 Å². The van der Waals surface area contributed by atoms with Gasteiger partial charge < -0.3 is 4.74 Å². The SMILES string of the molecule is COCc1n[nH]c(=O)[nH]1. The summed E-state index contributed by atoms with van der Waals surface area (Å²) in [6.45, 7) is 0.332. The average Bonchev–Trinajstić information content (AvgIpc) is 2.17. The highest BCUT2D eigenvalue weighted by Crippen LogP contribution is 1.82. The van der Waals surface area contributed by atoms with Gasteiger partial charge in [0.25, 0.3) is 0 Å². The summed E-state index contributed by atoms with van der Waals surface area (Å²) < 4.78 is 4.69. The number of nitrogens with zero attached hydrogens (tertiary/aromatic N) is 1. The molecule has 50 valence electrons. The van der Waals surface area contributed by atoms with Crippen LogP contribution in [0.4, 0.5) is 0 Å². The van der Waals surface area contributed by atoms with E-state index in [4.69, 9.17) is 0 Å². The molecule has 0 amide bonds. The largest absolute Gasteiger partial charge is 0.377 e. The summed E-state index contributed by atoms with van der Waals surface area (Å²) in [6.07, 6.45) is 0. The summed E-state index contributed by atoms with van der Waals surface area (Å²) in [5.41, 5.74) is -0.304. The van der Waals surface area contributed by atoms with E-state index in [-0.39, 0.29) is 5.69 Å². The fraction of sp³-hybridized carbons (Fsp3) is 0.500. The standard InChI is InChI=1S/C4H7N3O2/c1-9-2-3-5-4(8)7-6-3/h2H2,1H3,(H2,5,6,7,8). The first-order chi connectivity index (χ1) is 4.33. The zero-order valence-electron chi connectivity index (χ0n) is 4.97. The van der Waals surface area contributed by atoms with Gasteiger partial charge in [0.1, 0.15) is 6.61 Å². The molecule has 0 fully saturated rings. The third-order valence-corrected chi connectivity index (χ3v) is 0.831. The molecule has 0 saturated heterocycles. The Labute approximate surface area is 51.1 Å². The first kappa shape index (κ1) is 6.03. The number of methoxy groups -OCH3 is 1. The van der Waals surface area contributed by atoms with Crippen LogP contribution in [0.3, 0.4) is 0 Å². The van der Waals surface area contributed by atoms with E-state index in [9.17, 15) is 4.79 Å². The van der Waals surface area contributed by atoms with E-state index in [0.717, 1.165) is 0 Å². The molecule has 0 saturated carbocycles. The van der Waals surface area contributed by atoms with Crippen LogP contribution in [0.25, 0.3) is 0 Å². The summed E-state index contributed by atoms with van der Waals surface area (Å²) in [5.74, 6) is 0.516. The van der Waals surface area contributed by atoms with Gasteiger partial charge in [0.2, 0.25) is 0 Å². The number of hydrogen-bond acceptors (Lipinski definition) is 3. The summed E-state index contributed by atoms with van der Waals surface area (Å²) in [6, 6.07) is 0. The van der Waals surface area contributed by atoms with E-state index >= 15 is 0 Å². The lowest BCUT2D eigenvalue weighted by Gasteiger charge is -1.87. The Balaban J connectivity index is 2.73. The Morgan fingerprint density at radius 2 is 2.56 bits per heavy atom. The molecule has 1 heterocycles. The van der Waals surface area contributed by atoms with E-state index in [1.165, 1.54) is 7.11 Å². The third kappa shape index (κ3) is 1.39. The van der Waals surface area contributed by atoms with Crippen molar-refractivity contribution in [2.75, 3.05) is 7.11 Å². The molecule has 0 radical (unpaired) electrons. The molecule has 5 heteroatoms. The van der Waals surface area contributed by atoms with Crippen LogP contribution in [0, 0.1) is 0 Å². The Morgan fingerprint density at radius 3 is 3.00 bits per heavy atom.